The molecule has 2 heteroatoms. The molecule has 1 aliphatic rings. The van der Waals surface area contributed by atoms with Crippen LogP contribution in [0.3, 0.4) is 0 Å². The van der Waals surface area contributed by atoms with Crippen molar-refractivity contribution in [2.45, 2.75) is 45.1 Å². The zero-order valence-corrected chi connectivity index (χ0v) is 10.9. The summed E-state index contributed by atoms with van der Waals surface area (Å²) in [6.45, 7) is 4.98. The van der Waals surface area contributed by atoms with Crippen LogP contribution in [0.4, 0.5) is 0 Å². The van der Waals surface area contributed by atoms with Crippen molar-refractivity contribution in [2.24, 2.45) is 11.7 Å². The van der Waals surface area contributed by atoms with Gasteiger partial charge in [-0.05, 0) is 31.7 Å². The van der Waals surface area contributed by atoms with Gasteiger partial charge in [0.05, 0.1) is 6.61 Å². The van der Waals surface area contributed by atoms with Crippen molar-refractivity contribution >= 4 is 0 Å². The summed E-state index contributed by atoms with van der Waals surface area (Å²) in [7, 11) is 0. The van der Waals surface area contributed by atoms with E-state index < -0.39 is 0 Å². The molecule has 0 spiro atoms. The number of ether oxygens (including phenoxy) is 1. The highest BCUT2D eigenvalue weighted by atomic mass is 16.5. The number of rotatable bonds is 3. The lowest BCUT2D eigenvalue weighted by molar-refractivity contribution is 0.198. The molecule has 0 aliphatic heterocycles. The summed E-state index contributed by atoms with van der Waals surface area (Å²) in [5.74, 6) is 1.49. The summed E-state index contributed by atoms with van der Waals surface area (Å²) in [6.07, 6.45) is 4.81. The Bertz CT molecular complexity index is 377. The van der Waals surface area contributed by atoms with Crippen molar-refractivity contribution in [1.29, 1.82) is 0 Å². The zero-order valence-electron chi connectivity index (χ0n) is 10.9. The third kappa shape index (κ3) is 2.32. The van der Waals surface area contributed by atoms with Gasteiger partial charge in [0.2, 0.25) is 0 Å². The van der Waals surface area contributed by atoms with Gasteiger partial charge < -0.3 is 10.5 Å². The molecule has 94 valence electrons. The summed E-state index contributed by atoms with van der Waals surface area (Å²) < 4.78 is 5.72. The van der Waals surface area contributed by atoms with Gasteiger partial charge in [0.15, 0.2) is 0 Å². The van der Waals surface area contributed by atoms with E-state index in [1.54, 1.807) is 0 Å². The molecule has 2 N–H and O–H groups in total. The molecule has 0 heterocycles. The Balaban J connectivity index is 2.37. The molecule has 2 rings (SSSR count). The Hall–Kier alpha value is -1.02. The van der Waals surface area contributed by atoms with E-state index in [-0.39, 0.29) is 5.54 Å². The van der Waals surface area contributed by atoms with Crippen LogP contribution in [-0.2, 0) is 5.54 Å². The van der Waals surface area contributed by atoms with Crippen molar-refractivity contribution in [3.8, 4) is 5.75 Å². The maximum absolute atomic E-state index is 6.67. The molecule has 2 unspecified atom stereocenters. The molecule has 2 nitrogen and oxygen atoms in total. The van der Waals surface area contributed by atoms with Crippen LogP contribution >= 0.6 is 0 Å². The number of nitrogens with two attached hydrogens (primary N) is 1. The van der Waals surface area contributed by atoms with Crippen molar-refractivity contribution in [2.75, 3.05) is 6.61 Å². The lowest BCUT2D eigenvalue weighted by atomic mass is 9.70. The highest BCUT2D eigenvalue weighted by Gasteiger charge is 2.37. The summed E-state index contributed by atoms with van der Waals surface area (Å²) in [4.78, 5) is 0. The fourth-order valence-electron chi connectivity index (χ4n) is 2.90. The summed E-state index contributed by atoms with van der Waals surface area (Å²) >= 11 is 0. The van der Waals surface area contributed by atoms with E-state index in [4.69, 9.17) is 10.5 Å². The quantitative estimate of drug-likeness (QED) is 0.868. The van der Waals surface area contributed by atoms with E-state index in [9.17, 15) is 0 Å². The first kappa shape index (κ1) is 12.4. The van der Waals surface area contributed by atoms with E-state index in [1.807, 2.05) is 19.1 Å². The predicted octanol–water partition coefficient (Wildman–Crippen LogP) is 3.45. The lowest BCUT2D eigenvalue weighted by Crippen LogP contribution is -2.45. The average molecular weight is 233 g/mol. The van der Waals surface area contributed by atoms with Gasteiger partial charge in [-0.15, -0.1) is 0 Å². The highest BCUT2D eigenvalue weighted by molar-refractivity contribution is 5.39. The SMILES string of the molecule is CCOc1ccccc1C1(N)CCCCC1C. The molecule has 0 saturated heterocycles. The van der Waals surface area contributed by atoms with E-state index in [0.29, 0.717) is 12.5 Å². The molecule has 2 atom stereocenters. The van der Waals surface area contributed by atoms with Crippen molar-refractivity contribution in [3.05, 3.63) is 29.8 Å². The molecule has 1 aliphatic carbocycles. The minimum atomic E-state index is -0.204. The van der Waals surface area contributed by atoms with Gasteiger partial charge in [-0.25, -0.2) is 0 Å². The van der Waals surface area contributed by atoms with Crippen LogP contribution in [0.1, 0.15) is 45.1 Å². The van der Waals surface area contributed by atoms with E-state index >= 15 is 0 Å². The fraction of sp³-hybridized carbons (Fsp3) is 0.600. The minimum Gasteiger partial charge on any atom is -0.494 e. The third-order valence-corrected chi connectivity index (χ3v) is 4.05. The normalized spacial score (nSPS) is 29.0. The topological polar surface area (TPSA) is 35.2 Å². The highest BCUT2D eigenvalue weighted by Crippen LogP contribution is 2.42. The Labute approximate surface area is 104 Å². The molecular weight excluding hydrogens is 210 g/mol. The van der Waals surface area contributed by atoms with Crippen molar-refractivity contribution < 1.29 is 4.74 Å². The molecule has 1 aromatic rings. The van der Waals surface area contributed by atoms with Gasteiger partial charge >= 0.3 is 0 Å². The third-order valence-electron chi connectivity index (χ3n) is 4.05. The number of hydrogen-bond donors (Lipinski definition) is 1. The molecular formula is C15H23NO. The second kappa shape index (κ2) is 5.09. The number of benzene rings is 1. The van der Waals surface area contributed by atoms with Gasteiger partial charge in [-0.2, -0.15) is 0 Å². The standard InChI is InChI=1S/C15H23NO/c1-3-17-14-10-5-4-9-13(14)15(16)11-7-6-8-12(15)2/h4-5,9-10,12H,3,6-8,11,16H2,1-2H3. The molecule has 1 aromatic carbocycles. The first-order chi connectivity index (χ1) is 8.18. The first-order valence-electron chi connectivity index (χ1n) is 6.69. The van der Waals surface area contributed by atoms with E-state index in [2.05, 4.69) is 19.1 Å². The van der Waals surface area contributed by atoms with Crippen LogP contribution in [0, 0.1) is 5.92 Å². The maximum atomic E-state index is 6.67. The second-order valence-corrected chi connectivity index (χ2v) is 5.12. The summed E-state index contributed by atoms with van der Waals surface area (Å²) in [5, 5.41) is 0. The van der Waals surface area contributed by atoms with Gasteiger partial charge in [-0.3, -0.25) is 0 Å². The average Bonchev–Trinajstić information content (AvgIpc) is 2.34. The predicted molar refractivity (Wildman–Crippen MR) is 71.1 cm³/mol. The van der Waals surface area contributed by atoms with Crippen LogP contribution in [0.2, 0.25) is 0 Å². The van der Waals surface area contributed by atoms with Crippen LogP contribution in [-0.4, -0.2) is 6.61 Å². The zero-order chi connectivity index (χ0) is 12.3. The largest absolute Gasteiger partial charge is 0.494 e. The first-order valence-corrected chi connectivity index (χ1v) is 6.69. The Morgan fingerprint density at radius 1 is 1.35 bits per heavy atom. The van der Waals surface area contributed by atoms with E-state index in [1.165, 1.54) is 24.8 Å². The number of hydrogen-bond acceptors (Lipinski definition) is 2. The van der Waals surface area contributed by atoms with Gasteiger partial charge in [-0.1, -0.05) is 38.0 Å². The molecule has 17 heavy (non-hydrogen) atoms. The fourth-order valence-corrected chi connectivity index (χ4v) is 2.90. The molecule has 0 aromatic heterocycles. The van der Waals surface area contributed by atoms with Crippen LogP contribution in [0.15, 0.2) is 24.3 Å². The minimum absolute atomic E-state index is 0.204. The smallest absolute Gasteiger partial charge is 0.124 e. The lowest BCUT2D eigenvalue weighted by Gasteiger charge is -2.40. The maximum Gasteiger partial charge on any atom is 0.124 e. The molecule has 1 saturated carbocycles. The van der Waals surface area contributed by atoms with Crippen molar-refractivity contribution in [3.63, 3.8) is 0 Å². The monoisotopic (exact) mass is 233 g/mol. The Kier molecular flexibility index (Phi) is 3.72. The Morgan fingerprint density at radius 2 is 2.12 bits per heavy atom. The van der Waals surface area contributed by atoms with Crippen LogP contribution in [0.25, 0.3) is 0 Å². The van der Waals surface area contributed by atoms with Gasteiger partial charge in [0.1, 0.15) is 5.75 Å². The molecule has 0 amide bonds. The molecule has 0 bridgehead atoms. The van der Waals surface area contributed by atoms with Gasteiger partial charge in [0.25, 0.3) is 0 Å². The summed E-state index contributed by atoms with van der Waals surface area (Å²) in [6, 6.07) is 8.25. The van der Waals surface area contributed by atoms with Crippen LogP contribution < -0.4 is 10.5 Å². The summed E-state index contributed by atoms with van der Waals surface area (Å²) in [5.41, 5.74) is 7.66. The number of para-hydroxylation sites is 1. The molecule has 1 fully saturated rings. The Morgan fingerprint density at radius 3 is 2.82 bits per heavy atom. The second-order valence-electron chi connectivity index (χ2n) is 5.12. The van der Waals surface area contributed by atoms with Crippen LogP contribution in [0.5, 0.6) is 5.75 Å². The van der Waals surface area contributed by atoms with E-state index in [0.717, 1.165) is 12.2 Å². The van der Waals surface area contributed by atoms with Gasteiger partial charge in [0, 0.05) is 11.1 Å². The molecule has 0 radical (unpaired) electrons. The van der Waals surface area contributed by atoms with Crippen molar-refractivity contribution in [1.82, 2.24) is 0 Å².